The van der Waals surface area contributed by atoms with Crippen LogP contribution in [0.5, 0.6) is 0 Å². The molecule has 1 unspecified atom stereocenters. The van der Waals surface area contributed by atoms with Gasteiger partial charge in [0, 0.05) is 24.5 Å². The van der Waals surface area contributed by atoms with Gasteiger partial charge in [-0.2, -0.15) is 0 Å². The summed E-state index contributed by atoms with van der Waals surface area (Å²) >= 11 is 0. The van der Waals surface area contributed by atoms with Crippen molar-refractivity contribution in [3.05, 3.63) is 17.7 Å². The third-order valence-corrected chi connectivity index (χ3v) is 3.95. The van der Waals surface area contributed by atoms with E-state index in [-0.39, 0.29) is 10.9 Å². The van der Waals surface area contributed by atoms with Gasteiger partial charge in [-0.05, 0) is 31.0 Å². The number of hydrogen-bond acceptors (Lipinski definition) is 5. The molecule has 5 N–H and O–H groups in total. The summed E-state index contributed by atoms with van der Waals surface area (Å²) in [5, 5.41) is 8.41. The van der Waals surface area contributed by atoms with Crippen molar-refractivity contribution in [1.82, 2.24) is 0 Å². The first-order chi connectivity index (χ1) is 8.79. The average molecular weight is 287 g/mol. The molecule has 0 bridgehead atoms. The molecular formula is C12H21N3O3S. The SMILES string of the molecule is CCC(COC)Nc1cc(N)cc(S(N)(=O)=O)c1C. The highest BCUT2D eigenvalue weighted by Gasteiger charge is 2.17. The number of sulfonamides is 1. The van der Waals surface area contributed by atoms with E-state index in [1.165, 1.54) is 6.07 Å². The summed E-state index contributed by atoms with van der Waals surface area (Å²) in [7, 11) is -2.17. The van der Waals surface area contributed by atoms with Crippen molar-refractivity contribution >= 4 is 21.4 Å². The Hall–Kier alpha value is -1.31. The van der Waals surface area contributed by atoms with Crippen LogP contribution in [-0.2, 0) is 14.8 Å². The van der Waals surface area contributed by atoms with E-state index in [1.54, 1.807) is 20.1 Å². The molecule has 1 atom stereocenters. The van der Waals surface area contributed by atoms with E-state index < -0.39 is 10.0 Å². The highest BCUT2D eigenvalue weighted by molar-refractivity contribution is 7.89. The fraction of sp³-hybridized carbons (Fsp3) is 0.500. The molecule has 0 amide bonds. The Bertz CT molecular complexity index is 543. The summed E-state index contributed by atoms with van der Waals surface area (Å²) in [6.45, 7) is 4.23. The summed E-state index contributed by atoms with van der Waals surface area (Å²) in [6.07, 6.45) is 0.840. The van der Waals surface area contributed by atoms with E-state index in [9.17, 15) is 8.42 Å². The molecule has 0 aliphatic rings. The molecular weight excluding hydrogens is 266 g/mol. The van der Waals surface area contributed by atoms with Crippen molar-refractivity contribution in [1.29, 1.82) is 0 Å². The molecule has 0 aliphatic carbocycles. The number of methoxy groups -OCH3 is 1. The normalized spacial score (nSPS) is 13.3. The first-order valence-corrected chi connectivity index (χ1v) is 7.52. The molecule has 0 saturated heterocycles. The number of benzene rings is 1. The van der Waals surface area contributed by atoms with Gasteiger partial charge in [0.2, 0.25) is 10.0 Å². The van der Waals surface area contributed by atoms with Gasteiger partial charge in [0.1, 0.15) is 0 Å². The zero-order valence-electron chi connectivity index (χ0n) is 11.4. The Morgan fingerprint density at radius 1 is 1.42 bits per heavy atom. The molecule has 0 aromatic heterocycles. The van der Waals surface area contributed by atoms with E-state index in [2.05, 4.69) is 5.32 Å². The van der Waals surface area contributed by atoms with Gasteiger partial charge in [-0.15, -0.1) is 0 Å². The highest BCUT2D eigenvalue weighted by atomic mass is 32.2. The summed E-state index contributed by atoms with van der Waals surface area (Å²) in [5.74, 6) is 0. The third-order valence-electron chi connectivity index (χ3n) is 2.91. The van der Waals surface area contributed by atoms with E-state index in [1.807, 2.05) is 6.92 Å². The lowest BCUT2D eigenvalue weighted by Gasteiger charge is -2.20. The van der Waals surface area contributed by atoms with Gasteiger partial charge in [0.25, 0.3) is 0 Å². The van der Waals surface area contributed by atoms with Crippen LogP contribution in [-0.4, -0.2) is 28.2 Å². The molecule has 0 radical (unpaired) electrons. The van der Waals surface area contributed by atoms with Gasteiger partial charge in [0.15, 0.2) is 0 Å². The van der Waals surface area contributed by atoms with Crippen LogP contribution < -0.4 is 16.2 Å². The van der Waals surface area contributed by atoms with Crippen molar-refractivity contribution < 1.29 is 13.2 Å². The minimum atomic E-state index is -3.78. The van der Waals surface area contributed by atoms with Crippen LogP contribution in [0.15, 0.2) is 17.0 Å². The molecule has 0 fully saturated rings. The molecule has 1 aromatic carbocycles. The topological polar surface area (TPSA) is 107 Å². The van der Waals surface area contributed by atoms with Gasteiger partial charge < -0.3 is 15.8 Å². The summed E-state index contributed by atoms with van der Waals surface area (Å²) in [4.78, 5) is 0.0438. The molecule has 19 heavy (non-hydrogen) atoms. The van der Waals surface area contributed by atoms with Crippen molar-refractivity contribution in [2.24, 2.45) is 5.14 Å². The second kappa shape index (κ2) is 6.23. The van der Waals surface area contributed by atoms with Crippen LogP contribution in [0.1, 0.15) is 18.9 Å². The van der Waals surface area contributed by atoms with Crippen molar-refractivity contribution in [2.45, 2.75) is 31.2 Å². The Kier molecular flexibility index (Phi) is 5.16. The molecule has 1 aromatic rings. The number of nitrogens with one attached hydrogen (secondary N) is 1. The number of anilines is 2. The highest BCUT2D eigenvalue weighted by Crippen LogP contribution is 2.26. The zero-order chi connectivity index (χ0) is 14.6. The molecule has 0 heterocycles. The van der Waals surface area contributed by atoms with Gasteiger partial charge >= 0.3 is 0 Å². The number of rotatable bonds is 6. The van der Waals surface area contributed by atoms with Gasteiger partial charge in [-0.3, -0.25) is 0 Å². The van der Waals surface area contributed by atoms with Crippen molar-refractivity contribution in [2.75, 3.05) is 24.8 Å². The molecule has 0 spiro atoms. The van der Waals surface area contributed by atoms with Crippen molar-refractivity contribution in [3.8, 4) is 0 Å². The Morgan fingerprint density at radius 2 is 2.05 bits per heavy atom. The molecule has 108 valence electrons. The molecule has 6 nitrogen and oxygen atoms in total. The minimum Gasteiger partial charge on any atom is -0.399 e. The molecule has 0 aliphatic heterocycles. The predicted octanol–water partition coefficient (Wildman–Crippen LogP) is 1.06. The summed E-state index contributed by atoms with van der Waals surface area (Å²) in [6, 6.07) is 3.15. The largest absolute Gasteiger partial charge is 0.399 e. The molecule has 7 heteroatoms. The predicted molar refractivity (Wildman–Crippen MR) is 76.5 cm³/mol. The number of nitrogen functional groups attached to an aromatic ring is 1. The van der Waals surface area contributed by atoms with E-state index in [0.29, 0.717) is 23.5 Å². The van der Waals surface area contributed by atoms with E-state index in [4.69, 9.17) is 15.6 Å². The van der Waals surface area contributed by atoms with Crippen LogP contribution in [0.25, 0.3) is 0 Å². The minimum absolute atomic E-state index is 0.0438. The van der Waals surface area contributed by atoms with Gasteiger partial charge in [-0.1, -0.05) is 6.92 Å². The third kappa shape index (κ3) is 4.09. The molecule has 1 rings (SSSR count). The van der Waals surface area contributed by atoms with Crippen LogP contribution in [0.4, 0.5) is 11.4 Å². The van der Waals surface area contributed by atoms with Crippen LogP contribution in [0, 0.1) is 6.92 Å². The maximum atomic E-state index is 11.5. The van der Waals surface area contributed by atoms with Crippen LogP contribution in [0.3, 0.4) is 0 Å². The fourth-order valence-corrected chi connectivity index (χ4v) is 2.67. The number of hydrogen-bond donors (Lipinski definition) is 3. The van der Waals surface area contributed by atoms with E-state index in [0.717, 1.165) is 6.42 Å². The van der Waals surface area contributed by atoms with Gasteiger partial charge in [-0.25, -0.2) is 13.6 Å². The lowest BCUT2D eigenvalue weighted by molar-refractivity contribution is 0.184. The number of ether oxygens (including phenoxy) is 1. The van der Waals surface area contributed by atoms with E-state index >= 15 is 0 Å². The van der Waals surface area contributed by atoms with Crippen LogP contribution in [0.2, 0.25) is 0 Å². The average Bonchev–Trinajstić information content (AvgIpc) is 2.31. The Morgan fingerprint density at radius 3 is 2.53 bits per heavy atom. The number of primary sulfonamides is 1. The lowest BCUT2D eigenvalue weighted by Crippen LogP contribution is -2.25. The summed E-state index contributed by atoms with van der Waals surface area (Å²) < 4.78 is 28.1. The summed E-state index contributed by atoms with van der Waals surface area (Å²) in [5.41, 5.74) is 7.30. The van der Waals surface area contributed by atoms with Gasteiger partial charge in [0.05, 0.1) is 11.5 Å². The monoisotopic (exact) mass is 287 g/mol. The Balaban J connectivity index is 3.18. The first kappa shape index (κ1) is 15.7. The second-order valence-corrected chi connectivity index (χ2v) is 5.97. The second-order valence-electron chi connectivity index (χ2n) is 4.44. The number of nitrogens with two attached hydrogens (primary N) is 2. The lowest BCUT2D eigenvalue weighted by atomic mass is 10.1. The maximum absolute atomic E-state index is 11.5. The zero-order valence-corrected chi connectivity index (χ0v) is 12.3. The first-order valence-electron chi connectivity index (χ1n) is 5.98. The molecule has 0 saturated carbocycles. The maximum Gasteiger partial charge on any atom is 0.238 e. The van der Waals surface area contributed by atoms with Crippen LogP contribution >= 0.6 is 0 Å². The van der Waals surface area contributed by atoms with Crippen molar-refractivity contribution in [3.63, 3.8) is 0 Å². The fourth-order valence-electron chi connectivity index (χ4n) is 1.84. The quantitative estimate of drug-likeness (QED) is 0.678. The Labute approximate surface area is 114 Å². The smallest absolute Gasteiger partial charge is 0.238 e. The standard InChI is InChI=1S/C12H21N3O3S/c1-4-10(7-18-3)15-11-5-9(13)6-12(8(11)2)19(14,16)17/h5-6,10,15H,4,7,13H2,1-3H3,(H2,14,16,17).